The molecule has 1 atom stereocenters. The first-order valence-corrected chi connectivity index (χ1v) is 7.28. The van der Waals surface area contributed by atoms with E-state index in [0.717, 1.165) is 24.1 Å². The van der Waals surface area contributed by atoms with Crippen LogP contribution < -0.4 is 5.32 Å². The van der Waals surface area contributed by atoms with E-state index in [4.69, 9.17) is 11.6 Å². The van der Waals surface area contributed by atoms with Crippen LogP contribution in [0, 0.1) is 5.82 Å². The zero-order valence-electron chi connectivity index (χ0n) is 11.8. The van der Waals surface area contributed by atoms with E-state index in [1.54, 1.807) is 6.07 Å². The summed E-state index contributed by atoms with van der Waals surface area (Å²) < 4.78 is 13.1. The molecule has 0 spiro atoms. The average molecular weight is 292 g/mol. The Morgan fingerprint density at radius 1 is 1.15 bits per heavy atom. The van der Waals surface area contributed by atoms with E-state index < -0.39 is 0 Å². The maximum atomic E-state index is 13.1. The highest BCUT2D eigenvalue weighted by Crippen LogP contribution is 2.29. The highest BCUT2D eigenvalue weighted by Gasteiger charge is 2.07. The van der Waals surface area contributed by atoms with Crippen LogP contribution in [0.2, 0.25) is 5.02 Å². The number of nitrogens with one attached hydrogen (secondary N) is 1. The van der Waals surface area contributed by atoms with Crippen LogP contribution in [0.5, 0.6) is 0 Å². The van der Waals surface area contributed by atoms with E-state index in [0.29, 0.717) is 11.1 Å². The van der Waals surface area contributed by atoms with Crippen LogP contribution >= 0.6 is 11.6 Å². The molecule has 0 aliphatic carbocycles. The van der Waals surface area contributed by atoms with E-state index in [1.165, 1.54) is 17.7 Å². The summed E-state index contributed by atoms with van der Waals surface area (Å²) >= 11 is 6.08. The molecule has 106 valence electrons. The Bertz CT molecular complexity index is 566. The maximum Gasteiger partial charge on any atom is 0.124 e. The second-order valence-corrected chi connectivity index (χ2v) is 5.33. The summed E-state index contributed by atoms with van der Waals surface area (Å²) in [6.45, 7) is 5.31. The standard InChI is InChI=1S/C17H19ClFN/c1-3-10-20-12(2)13-4-6-14(7-5-13)16-9-8-15(19)11-17(16)18/h4-9,11-12,20H,3,10H2,1-2H3. The largest absolute Gasteiger partial charge is 0.310 e. The van der Waals surface area contributed by atoms with E-state index in [-0.39, 0.29) is 5.82 Å². The van der Waals surface area contributed by atoms with Crippen molar-refractivity contribution in [3.8, 4) is 11.1 Å². The van der Waals surface area contributed by atoms with Gasteiger partial charge in [0.2, 0.25) is 0 Å². The number of hydrogen-bond acceptors (Lipinski definition) is 1. The number of halogens is 2. The molecule has 2 rings (SSSR count). The van der Waals surface area contributed by atoms with Crippen molar-refractivity contribution in [2.75, 3.05) is 6.54 Å². The van der Waals surface area contributed by atoms with E-state index >= 15 is 0 Å². The number of hydrogen-bond donors (Lipinski definition) is 1. The lowest BCUT2D eigenvalue weighted by Crippen LogP contribution is -2.19. The molecule has 0 aliphatic rings. The molecule has 0 bridgehead atoms. The third-order valence-electron chi connectivity index (χ3n) is 3.35. The van der Waals surface area contributed by atoms with E-state index in [9.17, 15) is 4.39 Å². The first-order chi connectivity index (χ1) is 9.61. The molecule has 0 fully saturated rings. The van der Waals surface area contributed by atoms with Gasteiger partial charge in [0, 0.05) is 11.6 Å². The van der Waals surface area contributed by atoms with Gasteiger partial charge in [0.15, 0.2) is 0 Å². The Kier molecular flexibility index (Phi) is 5.16. The molecule has 1 unspecified atom stereocenters. The van der Waals surface area contributed by atoms with Crippen molar-refractivity contribution in [1.82, 2.24) is 5.32 Å². The van der Waals surface area contributed by atoms with Crippen molar-refractivity contribution in [3.63, 3.8) is 0 Å². The molecular weight excluding hydrogens is 273 g/mol. The molecule has 2 aromatic rings. The van der Waals surface area contributed by atoms with Gasteiger partial charge in [0.1, 0.15) is 5.82 Å². The minimum absolute atomic E-state index is 0.312. The zero-order valence-corrected chi connectivity index (χ0v) is 12.5. The Balaban J connectivity index is 2.19. The van der Waals surface area contributed by atoms with Gasteiger partial charge in [-0.3, -0.25) is 0 Å². The van der Waals surface area contributed by atoms with Crippen LogP contribution in [0.15, 0.2) is 42.5 Å². The Morgan fingerprint density at radius 3 is 2.45 bits per heavy atom. The summed E-state index contributed by atoms with van der Waals surface area (Å²) in [5.41, 5.74) is 3.09. The summed E-state index contributed by atoms with van der Waals surface area (Å²) in [7, 11) is 0. The second kappa shape index (κ2) is 6.87. The van der Waals surface area contributed by atoms with Gasteiger partial charge in [-0.25, -0.2) is 4.39 Å². The van der Waals surface area contributed by atoms with Crippen molar-refractivity contribution < 1.29 is 4.39 Å². The third-order valence-corrected chi connectivity index (χ3v) is 3.67. The lowest BCUT2D eigenvalue weighted by Gasteiger charge is -2.14. The van der Waals surface area contributed by atoms with E-state index in [2.05, 4.69) is 31.3 Å². The number of rotatable bonds is 5. The molecule has 0 heterocycles. The summed E-state index contributed by atoms with van der Waals surface area (Å²) in [4.78, 5) is 0. The Hall–Kier alpha value is -1.38. The highest BCUT2D eigenvalue weighted by atomic mass is 35.5. The predicted octanol–water partition coefficient (Wildman–Crippen LogP) is 5.21. The molecule has 0 amide bonds. The summed E-state index contributed by atoms with van der Waals surface area (Å²) in [5, 5.41) is 3.89. The Morgan fingerprint density at radius 2 is 1.85 bits per heavy atom. The highest BCUT2D eigenvalue weighted by molar-refractivity contribution is 6.33. The van der Waals surface area contributed by atoms with Gasteiger partial charge in [0.25, 0.3) is 0 Å². The van der Waals surface area contributed by atoms with Gasteiger partial charge in [-0.05, 0) is 49.2 Å². The molecular formula is C17H19ClFN. The fourth-order valence-electron chi connectivity index (χ4n) is 2.15. The summed E-state index contributed by atoms with van der Waals surface area (Å²) in [6.07, 6.45) is 1.12. The van der Waals surface area contributed by atoms with Gasteiger partial charge in [0.05, 0.1) is 5.02 Å². The van der Waals surface area contributed by atoms with Gasteiger partial charge >= 0.3 is 0 Å². The number of benzene rings is 2. The van der Waals surface area contributed by atoms with Gasteiger partial charge in [-0.15, -0.1) is 0 Å². The van der Waals surface area contributed by atoms with Gasteiger partial charge < -0.3 is 5.32 Å². The van der Waals surface area contributed by atoms with E-state index in [1.807, 2.05) is 12.1 Å². The molecule has 0 saturated heterocycles. The minimum Gasteiger partial charge on any atom is -0.310 e. The molecule has 0 aromatic heterocycles. The van der Waals surface area contributed by atoms with Crippen LogP contribution in [0.25, 0.3) is 11.1 Å². The first-order valence-electron chi connectivity index (χ1n) is 6.90. The zero-order chi connectivity index (χ0) is 14.5. The fourth-order valence-corrected chi connectivity index (χ4v) is 2.43. The molecule has 1 N–H and O–H groups in total. The molecule has 0 radical (unpaired) electrons. The quantitative estimate of drug-likeness (QED) is 0.797. The first kappa shape index (κ1) is 15.0. The fraction of sp³-hybridized carbons (Fsp3) is 0.294. The van der Waals surface area contributed by atoms with Crippen molar-refractivity contribution in [1.29, 1.82) is 0 Å². The monoisotopic (exact) mass is 291 g/mol. The second-order valence-electron chi connectivity index (χ2n) is 4.92. The minimum atomic E-state index is -0.312. The SMILES string of the molecule is CCCNC(C)c1ccc(-c2ccc(F)cc2Cl)cc1. The van der Waals surface area contributed by atoms with Gasteiger partial charge in [-0.1, -0.05) is 42.8 Å². The van der Waals surface area contributed by atoms with Gasteiger partial charge in [-0.2, -0.15) is 0 Å². The van der Waals surface area contributed by atoms with Crippen molar-refractivity contribution >= 4 is 11.6 Å². The third kappa shape index (κ3) is 3.59. The lowest BCUT2D eigenvalue weighted by molar-refractivity contribution is 0.571. The maximum absolute atomic E-state index is 13.1. The van der Waals surface area contributed by atoms with Crippen LogP contribution in [0.1, 0.15) is 31.9 Å². The molecule has 0 saturated carbocycles. The molecule has 1 nitrogen and oxygen atoms in total. The van der Waals surface area contributed by atoms with Crippen LogP contribution in [-0.2, 0) is 0 Å². The molecule has 0 aliphatic heterocycles. The molecule has 2 aromatic carbocycles. The normalized spacial score (nSPS) is 12.4. The predicted molar refractivity (Wildman–Crippen MR) is 83.6 cm³/mol. The molecule has 20 heavy (non-hydrogen) atoms. The van der Waals surface area contributed by atoms with Crippen LogP contribution in [0.4, 0.5) is 4.39 Å². The summed E-state index contributed by atoms with van der Waals surface area (Å²) in [5.74, 6) is -0.312. The topological polar surface area (TPSA) is 12.0 Å². The molecule has 3 heteroatoms. The van der Waals surface area contributed by atoms with Crippen molar-refractivity contribution in [2.24, 2.45) is 0 Å². The van der Waals surface area contributed by atoms with Crippen LogP contribution in [-0.4, -0.2) is 6.54 Å². The average Bonchev–Trinajstić information content (AvgIpc) is 2.45. The van der Waals surface area contributed by atoms with Crippen molar-refractivity contribution in [3.05, 3.63) is 58.9 Å². The summed E-state index contributed by atoms with van der Waals surface area (Å²) in [6, 6.07) is 13.0. The Labute approximate surface area is 124 Å². The van der Waals surface area contributed by atoms with Crippen molar-refractivity contribution in [2.45, 2.75) is 26.3 Å². The smallest absolute Gasteiger partial charge is 0.124 e. The lowest BCUT2D eigenvalue weighted by atomic mass is 10.0. The van der Waals surface area contributed by atoms with Crippen LogP contribution in [0.3, 0.4) is 0 Å².